The third kappa shape index (κ3) is 2.52. The number of β-amino-alcohol motifs (C(OH)–C–C–N with tert-alkyl or cyclic N) is 1. The minimum Gasteiger partial charge on any atom is -0.388 e. The second kappa shape index (κ2) is 5.60. The number of nitrogens with zero attached hydrogens (tertiary/aromatic N) is 3. The van der Waals surface area contributed by atoms with Gasteiger partial charge in [0.1, 0.15) is 6.10 Å². The summed E-state index contributed by atoms with van der Waals surface area (Å²) in [6.07, 6.45) is -0.715. The first-order valence-corrected chi connectivity index (χ1v) is 6.71. The van der Waals surface area contributed by atoms with Gasteiger partial charge in [0.2, 0.25) is 0 Å². The van der Waals surface area contributed by atoms with Crippen molar-refractivity contribution >= 4 is 5.95 Å². The molecule has 1 saturated heterocycles. The SMILES string of the molecule is CCO[C@H]1CN(c2noc(-c3ccccc3)n2)C[C@@H]1O. The number of aromatic nitrogens is 2. The van der Waals surface area contributed by atoms with Gasteiger partial charge in [-0.25, -0.2) is 0 Å². The lowest BCUT2D eigenvalue weighted by molar-refractivity contribution is -0.00189. The highest BCUT2D eigenvalue weighted by molar-refractivity contribution is 5.54. The number of rotatable bonds is 4. The number of benzene rings is 1. The van der Waals surface area contributed by atoms with Gasteiger partial charge in [-0.2, -0.15) is 4.98 Å². The quantitative estimate of drug-likeness (QED) is 0.907. The van der Waals surface area contributed by atoms with Crippen molar-refractivity contribution in [3.8, 4) is 11.5 Å². The van der Waals surface area contributed by atoms with Crippen LogP contribution in [0.4, 0.5) is 5.95 Å². The van der Waals surface area contributed by atoms with Gasteiger partial charge in [-0.15, -0.1) is 0 Å². The summed E-state index contributed by atoms with van der Waals surface area (Å²) in [6, 6.07) is 9.61. The molecule has 1 fully saturated rings. The second-order valence-electron chi connectivity index (χ2n) is 4.73. The summed E-state index contributed by atoms with van der Waals surface area (Å²) in [4.78, 5) is 6.25. The van der Waals surface area contributed by atoms with Gasteiger partial charge in [-0.05, 0) is 24.2 Å². The first-order valence-electron chi connectivity index (χ1n) is 6.71. The molecule has 6 heteroatoms. The lowest BCUT2D eigenvalue weighted by Gasteiger charge is -2.12. The third-order valence-electron chi connectivity index (χ3n) is 3.34. The summed E-state index contributed by atoms with van der Waals surface area (Å²) in [7, 11) is 0. The molecule has 0 spiro atoms. The van der Waals surface area contributed by atoms with E-state index in [1.54, 1.807) is 0 Å². The zero-order valence-electron chi connectivity index (χ0n) is 11.3. The molecule has 2 aromatic rings. The number of aliphatic hydroxyl groups excluding tert-OH is 1. The first-order chi connectivity index (χ1) is 9.78. The van der Waals surface area contributed by atoms with Gasteiger partial charge in [-0.3, -0.25) is 0 Å². The Bertz CT molecular complexity index is 558. The normalized spacial score (nSPS) is 22.4. The van der Waals surface area contributed by atoms with Gasteiger partial charge in [0.15, 0.2) is 0 Å². The van der Waals surface area contributed by atoms with Crippen LogP contribution in [0.5, 0.6) is 0 Å². The van der Waals surface area contributed by atoms with Gasteiger partial charge in [0.25, 0.3) is 11.8 Å². The highest BCUT2D eigenvalue weighted by Gasteiger charge is 2.34. The highest BCUT2D eigenvalue weighted by atomic mass is 16.5. The lowest BCUT2D eigenvalue weighted by Crippen LogP contribution is -2.26. The molecular formula is C14H17N3O3. The number of aliphatic hydroxyl groups is 1. The van der Waals surface area contributed by atoms with E-state index in [9.17, 15) is 5.11 Å². The summed E-state index contributed by atoms with van der Waals surface area (Å²) < 4.78 is 10.7. The van der Waals surface area contributed by atoms with E-state index in [0.29, 0.717) is 31.5 Å². The second-order valence-corrected chi connectivity index (χ2v) is 4.73. The molecule has 2 atom stereocenters. The van der Waals surface area contributed by atoms with Crippen LogP contribution < -0.4 is 4.90 Å². The predicted octanol–water partition coefficient (Wildman–Crippen LogP) is 1.32. The Balaban J connectivity index is 1.75. The molecule has 1 aromatic carbocycles. The van der Waals surface area contributed by atoms with Crippen LogP contribution in [0.15, 0.2) is 34.9 Å². The molecule has 0 radical (unpaired) electrons. The number of ether oxygens (including phenoxy) is 1. The van der Waals surface area contributed by atoms with Crippen LogP contribution in [0.25, 0.3) is 11.5 Å². The van der Waals surface area contributed by atoms with E-state index in [2.05, 4.69) is 10.1 Å². The minimum atomic E-state index is -0.520. The Labute approximate surface area is 117 Å². The fourth-order valence-corrected chi connectivity index (χ4v) is 2.34. The van der Waals surface area contributed by atoms with E-state index in [4.69, 9.17) is 9.26 Å². The molecule has 1 aromatic heterocycles. The molecule has 0 aliphatic carbocycles. The van der Waals surface area contributed by atoms with Crippen LogP contribution in [0.3, 0.4) is 0 Å². The maximum atomic E-state index is 9.92. The number of hydrogen-bond donors (Lipinski definition) is 1. The summed E-state index contributed by atoms with van der Waals surface area (Å²) in [5.41, 5.74) is 0.882. The van der Waals surface area contributed by atoms with E-state index >= 15 is 0 Å². The Kier molecular flexibility index (Phi) is 3.66. The highest BCUT2D eigenvalue weighted by Crippen LogP contribution is 2.23. The zero-order chi connectivity index (χ0) is 13.9. The van der Waals surface area contributed by atoms with Crippen LogP contribution >= 0.6 is 0 Å². The van der Waals surface area contributed by atoms with E-state index < -0.39 is 6.10 Å². The largest absolute Gasteiger partial charge is 0.388 e. The monoisotopic (exact) mass is 275 g/mol. The minimum absolute atomic E-state index is 0.196. The van der Waals surface area contributed by atoms with Crippen LogP contribution in [-0.2, 0) is 4.74 Å². The van der Waals surface area contributed by atoms with Crippen molar-refractivity contribution in [2.45, 2.75) is 19.1 Å². The molecule has 2 heterocycles. The van der Waals surface area contributed by atoms with Gasteiger partial charge >= 0.3 is 0 Å². The molecule has 0 bridgehead atoms. The van der Waals surface area contributed by atoms with E-state index in [1.165, 1.54) is 0 Å². The standard InChI is InChI=1S/C14H17N3O3/c1-2-19-12-9-17(8-11(12)18)14-15-13(20-16-14)10-6-4-3-5-7-10/h3-7,11-12,18H,2,8-9H2,1H3/t11-,12-/m0/s1. The average molecular weight is 275 g/mol. The van der Waals surface area contributed by atoms with Crippen molar-refractivity contribution in [3.05, 3.63) is 30.3 Å². The Morgan fingerprint density at radius 2 is 2.15 bits per heavy atom. The maximum Gasteiger partial charge on any atom is 0.266 e. The fourth-order valence-electron chi connectivity index (χ4n) is 2.34. The molecule has 20 heavy (non-hydrogen) atoms. The predicted molar refractivity (Wildman–Crippen MR) is 73.4 cm³/mol. The topological polar surface area (TPSA) is 71.6 Å². The number of hydrogen-bond acceptors (Lipinski definition) is 6. The molecule has 0 unspecified atom stereocenters. The summed E-state index contributed by atoms with van der Waals surface area (Å²) in [6.45, 7) is 3.52. The van der Waals surface area contributed by atoms with Gasteiger partial charge in [0, 0.05) is 25.3 Å². The fraction of sp³-hybridized carbons (Fsp3) is 0.429. The van der Waals surface area contributed by atoms with Crippen LogP contribution in [0, 0.1) is 0 Å². The average Bonchev–Trinajstić information content (AvgIpc) is 3.08. The van der Waals surface area contributed by atoms with Crippen molar-refractivity contribution in [2.75, 3.05) is 24.6 Å². The molecule has 3 rings (SSSR count). The third-order valence-corrected chi connectivity index (χ3v) is 3.34. The van der Waals surface area contributed by atoms with E-state index in [0.717, 1.165) is 5.56 Å². The Morgan fingerprint density at radius 1 is 1.35 bits per heavy atom. The van der Waals surface area contributed by atoms with Crippen molar-refractivity contribution < 1.29 is 14.4 Å². The summed E-state index contributed by atoms with van der Waals surface area (Å²) in [5.74, 6) is 0.972. The van der Waals surface area contributed by atoms with E-state index in [1.807, 2.05) is 42.2 Å². The summed E-state index contributed by atoms with van der Waals surface area (Å²) >= 11 is 0. The number of anilines is 1. The Morgan fingerprint density at radius 3 is 2.90 bits per heavy atom. The Hall–Kier alpha value is -1.92. The van der Waals surface area contributed by atoms with E-state index in [-0.39, 0.29) is 6.10 Å². The van der Waals surface area contributed by atoms with Crippen LogP contribution in [-0.4, -0.2) is 47.2 Å². The van der Waals surface area contributed by atoms with Crippen molar-refractivity contribution in [3.63, 3.8) is 0 Å². The van der Waals surface area contributed by atoms with Crippen LogP contribution in [0.2, 0.25) is 0 Å². The zero-order valence-corrected chi connectivity index (χ0v) is 11.3. The van der Waals surface area contributed by atoms with Crippen LogP contribution in [0.1, 0.15) is 6.92 Å². The maximum absolute atomic E-state index is 9.92. The van der Waals surface area contributed by atoms with Gasteiger partial charge in [-0.1, -0.05) is 18.2 Å². The van der Waals surface area contributed by atoms with Crippen molar-refractivity contribution in [2.24, 2.45) is 0 Å². The van der Waals surface area contributed by atoms with Crippen molar-refractivity contribution in [1.82, 2.24) is 10.1 Å². The molecule has 106 valence electrons. The first kappa shape index (κ1) is 13.1. The molecular weight excluding hydrogens is 258 g/mol. The summed E-state index contributed by atoms with van der Waals surface area (Å²) in [5, 5.41) is 13.9. The molecule has 0 amide bonds. The smallest absolute Gasteiger partial charge is 0.266 e. The molecule has 1 N–H and O–H groups in total. The molecule has 6 nitrogen and oxygen atoms in total. The van der Waals surface area contributed by atoms with Gasteiger partial charge < -0.3 is 19.3 Å². The molecule has 1 aliphatic heterocycles. The molecule has 0 saturated carbocycles. The van der Waals surface area contributed by atoms with Gasteiger partial charge in [0.05, 0.1) is 6.10 Å². The lowest BCUT2D eigenvalue weighted by atomic mass is 10.2. The van der Waals surface area contributed by atoms with Crippen molar-refractivity contribution in [1.29, 1.82) is 0 Å². The molecule has 1 aliphatic rings.